The molecule has 0 aliphatic carbocycles. The predicted molar refractivity (Wildman–Crippen MR) is 165 cm³/mol. The Bertz CT molecular complexity index is 1620. The van der Waals surface area contributed by atoms with Crippen molar-refractivity contribution in [3.8, 4) is 0 Å². The molecule has 0 saturated heterocycles. The number of thioether (sulfide) groups is 1. The zero-order chi connectivity index (χ0) is 31.3. The van der Waals surface area contributed by atoms with Gasteiger partial charge >= 0.3 is 264 Å². The van der Waals surface area contributed by atoms with E-state index in [4.69, 9.17) is 30.5 Å². The molecule has 2 heterocycles. The van der Waals surface area contributed by atoms with E-state index in [1.54, 1.807) is 12.1 Å². The van der Waals surface area contributed by atoms with Gasteiger partial charge in [-0.2, -0.15) is 0 Å². The average Bonchev–Trinajstić information content (AvgIpc) is 3.42. The van der Waals surface area contributed by atoms with Gasteiger partial charge in [0.05, 0.1) is 0 Å². The molecule has 0 radical (unpaired) electrons. The van der Waals surface area contributed by atoms with Crippen molar-refractivity contribution in [3.05, 3.63) is 96.9 Å². The second-order valence-electron chi connectivity index (χ2n) is 8.84. The molecule has 0 amide bonds. The maximum absolute atomic E-state index is 13.3. The number of para-hydroxylation sites is 1. The number of methoxy groups -OCH3 is 4. The van der Waals surface area contributed by atoms with Crippen LogP contribution in [0.2, 0.25) is 5.02 Å². The molecule has 0 unspecified atom stereocenters. The van der Waals surface area contributed by atoms with Crippen molar-refractivity contribution in [1.29, 1.82) is 0 Å². The topological polar surface area (TPSA) is 112 Å². The molecule has 1 aliphatic heterocycles. The van der Waals surface area contributed by atoms with Gasteiger partial charge in [0.2, 0.25) is 0 Å². The summed E-state index contributed by atoms with van der Waals surface area (Å²) in [6.07, 6.45) is 1.06. The van der Waals surface area contributed by atoms with Crippen LogP contribution in [0.4, 0.5) is 15.9 Å². The maximum atomic E-state index is 13.3. The SMILES string of the molecule is COC(=O)/C=C(/SC1=C(C)N(Cc2ccc(Cl)cc2)c2c([se]c(C(=O)OC)c2C(=O)OC)N1c1ccccc1)C(=O)OC. The van der Waals surface area contributed by atoms with Gasteiger partial charge in [-0.3, -0.25) is 0 Å². The third-order valence-corrected chi connectivity index (χ3v) is 10.2. The summed E-state index contributed by atoms with van der Waals surface area (Å²) in [5.74, 6) is -2.82. The van der Waals surface area contributed by atoms with E-state index >= 15 is 0 Å². The van der Waals surface area contributed by atoms with Crippen LogP contribution in [0.25, 0.3) is 0 Å². The third-order valence-electron chi connectivity index (χ3n) is 6.33. The van der Waals surface area contributed by atoms with Crippen molar-refractivity contribution in [1.82, 2.24) is 0 Å². The standard InChI is InChI=1S/C30H27ClN2O8SSe/c1-17-26(42-21(28(35)39-3)15-22(34)38-2)33(20-9-7-6-8-10-20)27-24(32(17)16-18-11-13-19(31)14-12-18)23(29(36)40-4)25(43-27)30(37)41-5/h6-15H,16H2,1-5H3/b21-15+. The van der Waals surface area contributed by atoms with Crippen LogP contribution >= 0.6 is 23.4 Å². The molecule has 10 nitrogen and oxygen atoms in total. The molecule has 0 bridgehead atoms. The molecule has 224 valence electrons. The minimum atomic E-state index is -0.746. The quantitative estimate of drug-likeness (QED) is 0.127. The molecule has 0 fully saturated rings. The number of carbonyl (C=O) groups is 4. The Labute approximate surface area is 263 Å². The Hall–Kier alpha value is -3.96. The molecule has 1 aliphatic rings. The van der Waals surface area contributed by atoms with E-state index in [9.17, 15) is 19.2 Å². The molecule has 2 aromatic carbocycles. The van der Waals surface area contributed by atoms with Crippen LogP contribution in [-0.4, -0.2) is 66.8 Å². The van der Waals surface area contributed by atoms with Crippen molar-refractivity contribution in [2.45, 2.75) is 13.5 Å². The first-order valence-corrected chi connectivity index (χ1v) is 15.5. The summed E-state index contributed by atoms with van der Waals surface area (Å²) >= 11 is 6.40. The molecule has 0 spiro atoms. The minimum absolute atomic E-state index is 0.0278. The van der Waals surface area contributed by atoms with Gasteiger partial charge in [-0.05, 0) is 0 Å². The number of carbonyl (C=O) groups excluding carboxylic acids is 4. The number of halogens is 1. The number of esters is 4. The second-order valence-corrected chi connectivity index (χ2v) is 12.4. The van der Waals surface area contributed by atoms with Crippen molar-refractivity contribution in [2.24, 2.45) is 0 Å². The van der Waals surface area contributed by atoms with E-state index < -0.39 is 38.4 Å². The van der Waals surface area contributed by atoms with Crippen LogP contribution in [0.3, 0.4) is 0 Å². The summed E-state index contributed by atoms with van der Waals surface area (Å²) in [7, 11) is 4.93. The van der Waals surface area contributed by atoms with Gasteiger partial charge < -0.3 is 0 Å². The van der Waals surface area contributed by atoms with E-state index in [1.807, 2.05) is 59.2 Å². The Balaban J connectivity index is 2.06. The number of rotatable bonds is 9. The fourth-order valence-electron chi connectivity index (χ4n) is 4.28. The van der Waals surface area contributed by atoms with Gasteiger partial charge in [-0.25, -0.2) is 0 Å². The van der Waals surface area contributed by atoms with Crippen LogP contribution in [0.1, 0.15) is 32.1 Å². The van der Waals surface area contributed by atoms with E-state index in [0.717, 1.165) is 23.4 Å². The van der Waals surface area contributed by atoms with Gasteiger partial charge in [0.15, 0.2) is 0 Å². The zero-order valence-electron chi connectivity index (χ0n) is 23.8. The summed E-state index contributed by atoms with van der Waals surface area (Å²) in [6.45, 7) is 2.09. The van der Waals surface area contributed by atoms with Gasteiger partial charge in [-0.15, -0.1) is 0 Å². The van der Waals surface area contributed by atoms with Gasteiger partial charge in [0.1, 0.15) is 0 Å². The molecule has 3 aromatic rings. The number of fused-ring (bicyclic) bond motifs is 1. The Kier molecular flexibility index (Phi) is 10.4. The first-order valence-electron chi connectivity index (χ1n) is 12.6. The first kappa shape index (κ1) is 32.0. The van der Waals surface area contributed by atoms with Crippen LogP contribution < -0.4 is 9.80 Å². The number of ether oxygens (including phenoxy) is 4. The van der Waals surface area contributed by atoms with E-state index in [2.05, 4.69) is 0 Å². The fraction of sp³-hybridized carbons (Fsp3) is 0.200. The fourth-order valence-corrected chi connectivity index (χ4v) is 8.21. The summed E-state index contributed by atoms with van der Waals surface area (Å²) in [5.41, 5.74) is 2.74. The molecule has 0 N–H and O–H groups in total. The number of hydrogen-bond acceptors (Lipinski definition) is 11. The van der Waals surface area contributed by atoms with Gasteiger partial charge in [0.25, 0.3) is 0 Å². The molecular formula is C30H27ClN2O8SSe. The molecule has 43 heavy (non-hydrogen) atoms. The van der Waals surface area contributed by atoms with E-state index in [1.165, 1.54) is 28.4 Å². The van der Waals surface area contributed by atoms with E-state index in [-0.39, 0.29) is 21.5 Å². The number of nitrogens with zero attached hydrogens (tertiary/aromatic N) is 2. The Morgan fingerprint density at radius 2 is 1.53 bits per heavy atom. The molecule has 1 aromatic heterocycles. The molecule has 13 heteroatoms. The number of allylic oxidation sites excluding steroid dienone is 1. The summed E-state index contributed by atoms with van der Waals surface area (Å²) in [5, 5.41) is 1.10. The van der Waals surface area contributed by atoms with Crippen LogP contribution in [-0.2, 0) is 35.1 Å². The predicted octanol–water partition coefficient (Wildman–Crippen LogP) is 5.28. The van der Waals surface area contributed by atoms with Crippen LogP contribution in [0.5, 0.6) is 0 Å². The number of hydrogen-bond donors (Lipinski definition) is 0. The summed E-state index contributed by atoms with van der Waals surface area (Å²) < 4.78 is 20.8. The van der Waals surface area contributed by atoms with Gasteiger partial charge in [0, 0.05) is 0 Å². The van der Waals surface area contributed by atoms with Crippen molar-refractivity contribution < 1.29 is 38.1 Å². The number of anilines is 3. The Morgan fingerprint density at radius 3 is 2.12 bits per heavy atom. The normalized spacial score (nSPS) is 12.9. The Morgan fingerprint density at radius 1 is 0.884 bits per heavy atom. The van der Waals surface area contributed by atoms with Crippen molar-refractivity contribution in [3.63, 3.8) is 0 Å². The van der Waals surface area contributed by atoms with Crippen molar-refractivity contribution >= 4 is 77.7 Å². The first-order chi connectivity index (χ1) is 20.6. The summed E-state index contributed by atoms with van der Waals surface area (Å²) in [6, 6.07) is 16.5. The van der Waals surface area contributed by atoms with Crippen molar-refractivity contribution in [2.75, 3.05) is 38.2 Å². The third kappa shape index (κ3) is 6.67. The second kappa shape index (κ2) is 14.0. The molecular weight excluding hydrogens is 663 g/mol. The number of benzene rings is 2. The van der Waals surface area contributed by atoms with Crippen LogP contribution in [0.15, 0.2) is 76.3 Å². The van der Waals surface area contributed by atoms with Gasteiger partial charge in [-0.1, -0.05) is 0 Å². The summed E-state index contributed by atoms with van der Waals surface area (Å²) in [4.78, 5) is 55.2. The monoisotopic (exact) mass is 690 g/mol. The zero-order valence-corrected chi connectivity index (χ0v) is 27.1. The molecule has 0 atom stereocenters. The van der Waals surface area contributed by atoms with Crippen LogP contribution in [0, 0.1) is 0 Å². The molecule has 0 saturated carbocycles. The average molecular weight is 690 g/mol. The molecule has 4 rings (SSSR count). The van der Waals surface area contributed by atoms with E-state index in [0.29, 0.717) is 31.7 Å².